The summed E-state index contributed by atoms with van der Waals surface area (Å²) in [6, 6.07) is 4.12. The number of hydrogen-bond donors (Lipinski definition) is 2. The van der Waals surface area contributed by atoms with Crippen molar-refractivity contribution in [2.24, 2.45) is 0 Å². The average Bonchev–Trinajstić information content (AvgIpc) is 2.30. The monoisotopic (exact) mass is 284 g/mol. The van der Waals surface area contributed by atoms with E-state index in [0.29, 0.717) is 0 Å². The Balaban J connectivity index is 2.85. The first-order valence-corrected chi connectivity index (χ1v) is 5.73. The molecule has 0 spiro atoms. The van der Waals surface area contributed by atoms with Crippen LogP contribution < -0.4 is 5.32 Å². The van der Waals surface area contributed by atoms with Crippen molar-refractivity contribution < 1.29 is 19.5 Å². The van der Waals surface area contributed by atoms with E-state index in [1.54, 1.807) is 0 Å². The molecule has 0 saturated carbocycles. The zero-order chi connectivity index (χ0) is 14.6. The molecule has 0 aliphatic rings. The zero-order valence-corrected chi connectivity index (χ0v) is 11.2. The van der Waals surface area contributed by atoms with Crippen LogP contribution in [-0.2, 0) is 9.59 Å². The number of likely N-dealkylation sites (N-methyl/N-ethyl adjacent to an activating group) is 1. The second-order valence-electron chi connectivity index (χ2n) is 3.92. The molecule has 0 fully saturated rings. The van der Waals surface area contributed by atoms with Crippen LogP contribution in [0.5, 0.6) is 0 Å². The number of nitrogens with zero attached hydrogens (tertiary/aromatic N) is 1. The van der Waals surface area contributed by atoms with E-state index in [1.165, 1.54) is 37.1 Å². The van der Waals surface area contributed by atoms with Gasteiger partial charge >= 0.3 is 5.97 Å². The van der Waals surface area contributed by atoms with E-state index in [4.69, 9.17) is 16.7 Å². The molecule has 1 rings (SSSR count). The van der Waals surface area contributed by atoms with Crippen LogP contribution in [0, 0.1) is 0 Å². The largest absolute Gasteiger partial charge is 0.478 e. The number of aromatic carboxylic acids is 1. The number of carbonyl (C=O) groups is 3. The first kappa shape index (κ1) is 15.0. The predicted molar refractivity (Wildman–Crippen MR) is 70.4 cm³/mol. The highest BCUT2D eigenvalue weighted by atomic mass is 35.5. The van der Waals surface area contributed by atoms with Crippen LogP contribution in [0.15, 0.2) is 18.2 Å². The van der Waals surface area contributed by atoms with Crippen molar-refractivity contribution in [2.75, 3.05) is 18.9 Å². The molecule has 0 bridgehead atoms. The molecule has 2 N–H and O–H groups in total. The Bertz CT molecular complexity index is 530. The molecule has 19 heavy (non-hydrogen) atoms. The Kier molecular flexibility index (Phi) is 4.88. The molecule has 6 nitrogen and oxygen atoms in total. The third kappa shape index (κ3) is 4.26. The topological polar surface area (TPSA) is 86.7 Å². The van der Waals surface area contributed by atoms with Crippen LogP contribution in [0.4, 0.5) is 5.69 Å². The van der Waals surface area contributed by atoms with Crippen molar-refractivity contribution >= 4 is 35.1 Å². The van der Waals surface area contributed by atoms with Gasteiger partial charge in [0.1, 0.15) is 0 Å². The molecule has 0 heterocycles. The Hall–Kier alpha value is -2.08. The zero-order valence-electron chi connectivity index (χ0n) is 10.4. The molecule has 1 aromatic rings. The van der Waals surface area contributed by atoms with Crippen LogP contribution in [0.2, 0.25) is 5.02 Å². The average molecular weight is 285 g/mol. The van der Waals surface area contributed by atoms with Gasteiger partial charge in [-0.2, -0.15) is 0 Å². The minimum Gasteiger partial charge on any atom is -0.478 e. The number of anilines is 1. The lowest BCUT2D eigenvalue weighted by Gasteiger charge is -2.15. The molecular weight excluding hydrogens is 272 g/mol. The Morgan fingerprint density at radius 2 is 2.00 bits per heavy atom. The van der Waals surface area contributed by atoms with Crippen molar-refractivity contribution in [3.8, 4) is 0 Å². The Morgan fingerprint density at radius 3 is 2.53 bits per heavy atom. The summed E-state index contributed by atoms with van der Waals surface area (Å²) in [5.74, 6) is -1.94. The lowest BCUT2D eigenvalue weighted by molar-refractivity contribution is -0.131. The smallest absolute Gasteiger partial charge is 0.337 e. The number of carboxylic acid groups (broad SMARTS) is 1. The van der Waals surface area contributed by atoms with E-state index >= 15 is 0 Å². The number of carbonyl (C=O) groups excluding carboxylic acids is 2. The fourth-order valence-electron chi connectivity index (χ4n) is 1.32. The van der Waals surface area contributed by atoms with Gasteiger partial charge < -0.3 is 15.3 Å². The summed E-state index contributed by atoms with van der Waals surface area (Å²) in [4.78, 5) is 34.9. The Labute approximate surface area is 115 Å². The van der Waals surface area contributed by atoms with Crippen molar-refractivity contribution in [2.45, 2.75) is 6.92 Å². The molecule has 0 atom stereocenters. The second-order valence-corrected chi connectivity index (χ2v) is 4.35. The highest BCUT2D eigenvalue weighted by molar-refractivity contribution is 6.31. The van der Waals surface area contributed by atoms with Crippen LogP contribution >= 0.6 is 11.6 Å². The summed E-state index contributed by atoms with van der Waals surface area (Å²) in [5, 5.41) is 11.7. The fourth-order valence-corrected chi connectivity index (χ4v) is 1.49. The van der Waals surface area contributed by atoms with E-state index in [2.05, 4.69) is 5.32 Å². The van der Waals surface area contributed by atoms with Gasteiger partial charge in [-0.15, -0.1) is 0 Å². The van der Waals surface area contributed by atoms with Gasteiger partial charge in [-0.25, -0.2) is 4.79 Å². The summed E-state index contributed by atoms with van der Waals surface area (Å²) in [6.07, 6.45) is 0. The summed E-state index contributed by atoms with van der Waals surface area (Å²) in [7, 11) is 1.47. The van der Waals surface area contributed by atoms with Crippen LogP contribution in [0.1, 0.15) is 17.3 Å². The summed E-state index contributed by atoms with van der Waals surface area (Å²) in [5.41, 5.74) is 0.0326. The first-order valence-electron chi connectivity index (χ1n) is 5.35. The van der Waals surface area contributed by atoms with E-state index < -0.39 is 11.9 Å². The second kappa shape index (κ2) is 6.19. The number of carboxylic acids is 1. The van der Waals surface area contributed by atoms with Crippen LogP contribution in [-0.4, -0.2) is 41.4 Å². The van der Waals surface area contributed by atoms with Crippen LogP contribution in [0.3, 0.4) is 0 Å². The van der Waals surface area contributed by atoms with E-state index in [-0.39, 0.29) is 28.7 Å². The maximum absolute atomic E-state index is 11.7. The molecule has 7 heteroatoms. The lowest BCUT2D eigenvalue weighted by Crippen LogP contribution is -2.33. The molecule has 0 saturated heterocycles. The molecular formula is C12H13ClN2O4. The van der Waals surface area contributed by atoms with Gasteiger partial charge in [-0.05, 0) is 18.2 Å². The van der Waals surface area contributed by atoms with E-state index in [9.17, 15) is 14.4 Å². The fraction of sp³-hybridized carbons (Fsp3) is 0.250. The normalized spacial score (nSPS) is 9.84. The highest BCUT2D eigenvalue weighted by Crippen LogP contribution is 2.20. The number of nitrogens with one attached hydrogen (secondary N) is 1. The standard InChI is InChI=1S/C12H13ClN2O4/c1-7(16)15(2)6-11(17)14-10-4-3-8(13)5-9(10)12(18)19/h3-5H,6H2,1-2H3,(H,14,17)(H,18,19). The molecule has 0 aromatic heterocycles. The van der Waals surface area contributed by atoms with Crippen molar-refractivity contribution in [1.29, 1.82) is 0 Å². The van der Waals surface area contributed by atoms with Crippen molar-refractivity contribution in [3.05, 3.63) is 28.8 Å². The quantitative estimate of drug-likeness (QED) is 0.876. The Morgan fingerprint density at radius 1 is 1.37 bits per heavy atom. The first-order chi connectivity index (χ1) is 8.81. The molecule has 0 radical (unpaired) electrons. The summed E-state index contributed by atoms with van der Waals surface area (Å²) < 4.78 is 0. The molecule has 0 aliphatic heterocycles. The van der Waals surface area contributed by atoms with Crippen LogP contribution in [0.25, 0.3) is 0 Å². The van der Waals surface area contributed by atoms with Crippen molar-refractivity contribution in [1.82, 2.24) is 4.90 Å². The summed E-state index contributed by atoms with van der Waals surface area (Å²) in [6.45, 7) is 1.18. The van der Waals surface area contributed by atoms with Gasteiger partial charge in [0.15, 0.2) is 0 Å². The SMILES string of the molecule is CC(=O)N(C)CC(=O)Nc1ccc(Cl)cc1C(=O)O. The predicted octanol–water partition coefficient (Wildman–Crippen LogP) is 1.45. The lowest BCUT2D eigenvalue weighted by atomic mass is 10.2. The number of hydrogen-bond acceptors (Lipinski definition) is 3. The van der Waals surface area contributed by atoms with E-state index in [1.807, 2.05) is 0 Å². The van der Waals surface area contributed by atoms with Gasteiger partial charge in [0, 0.05) is 19.0 Å². The third-order valence-corrected chi connectivity index (χ3v) is 2.64. The minimum atomic E-state index is -1.20. The molecule has 0 unspecified atom stereocenters. The van der Waals surface area contributed by atoms with Gasteiger partial charge in [0.25, 0.3) is 0 Å². The van der Waals surface area contributed by atoms with Gasteiger partial charge in [0.2, 0.25) is 11.8 Å². The maximum Gasteiger partial charge on any atom is 0.337 e. The molecule has 2 amide bonds. The molecule has 1 aromatic carbocycles. The minimum absolute atomic E-state index is 0.105. The highest BCUT2D eigenvalue weighted by Gasteiger charge is 2.14. The molecule has 0 aliphatic carbocycles. The van der Waals surface area contributed by atoms with Gasteiger partial charge in [-0.3, -0.25) is 9.59 Å². The molecule has 102 valence electrons. The number of benzene rings is 1. The number of amides is 2. The third-order valence-electron chi connectivity index (χ3n) is 2.40. The van der Waals surface area contributed by atoms with Gasteiger partial charge in [0.05, 0.1) is 17.8 Å². The number of halogens is 1. The maximum atomic E-state index is 11.7. The van der Waals surface area contributed by atoms with Gasteiger partial charge in [-0.1, -0.05) is 11.6 Å². The van der Waals surface area contributed by atoms with Crippen molar-refractivity contribution in [3.63, 3.8) is 0 Å². The van der Waals surface area contributed by atoms with E-state index in [0.717, 1.165) is 0 Å². The summed E-state index contributed by atoms with van der Waals surface area (Å²) >= 11 is 5.69. The number of rotatable bonds is 4.